The van der Waals surface area contributed by atoms with Gasteiger partial charge in [0.15, 0.2) is 11.5 Å². The van der Waals surface area contributed by atoms with Gasteiger partial charge in [-0.2, -0.15) is 23.3 Å². The summed E-state index contributed by atoms with van der Waals surface area (Å²) in [6.07, 6.45) is -3.49. The second kappa shape index (κ2) is 8.35. The number of rotatable bonds is 5. The highest BCUT2D eigenvalue weighted by Crippen LogP contribution is 2.54. The van der Waals surface area contributed by atoms with E-state index in [0.717, 1.165) is 10.7 Å². The summed E-state index contributed by atoms with van der Waals surface area (Å²) in [6.45, 7) is 1.71. The van der Waals surface area contributed by atoms with Crippen LogP contribution in [0.5, 0.6) is 0 Å². The number of halogens is 5. The number of hydrogen-bond donors (Lipinski definition) is 1. The van der Waals surface area contributed by atoms with E-state index in [2.05, 4.69) is 20.6 Å². The van der Waals surface area contributed by atoms with Crippen LogP contribution in [0.1, 0.15) is 29.9 Å². The van der Waals surface area contributed by atoms with Crippen molar-refractivity contribution < 1.29 is 26.9 Å². The summed E-state index contributed by atoms with van der Waals surface area (Å²) in [4.78, 5) is 18.6. The molecule has 0 radical (unpaired) electrons. The van der Waals surface area contributed by atoms with Crippen LogP contribution in [0.25, 0.3) is 11.6 Å². The molecular formula is C21H19ClF4N6O2. The van der Waals surface area contributed by atoms with Gasteiger partial charge in [0.1, 0.15) is 18.1 Å². The van der Waals surface area contributed by atoms with E-state index in [4.69, 9.17) is 16.1 Å². The first-order valence-electron chi connectivity index (χ1n) is 10.6. The lowest BCUT2D eigenvalue weighted by atomic mass is 9.95. The van der Waals surface area contributed by atoms with Gasteiger partial charge >= 0.3 is 6.18 Å². The van der Waals surface area contributed by atoms with Crippen molar-refractivity contribution in [1.82, 2.24) is 30.1 Å². The fraction of sp³-hybridized carbons (Fsp3) is 0.429. The predicted molar refractivity (Wildman–Crippen MR) is 111 cm³/mol. The molecule has 5 rings (SSSR count). The van der Waals surface area contributed by atoms with Crippen LogP contribution in [-0.2, 0) is 22.9 Å². The largest absolute Gasteiger partial charge is 0.435 e. The van der Waals surface area contributed by atoms with Gasteiger partial charge in [-0.1, -0.05) is 22.8 Å². The highest BCUT2D eigenvalue weighted by Gasteiger charge is 2.51. The van der Waals surface area contributed by atoms with Crippen LogP contribution >= 0.6 is 11.6 Å². The van der Waals surface area contributed by atoms with Gasteiger partial charge in [0.25, 0.3) is 5.89 Å². The number of nitrogens with zero attached hydrogens (tertiary/aromatic N) is 5. The Hall–Kier alpha value is -2.99. The molecule has 0 atom stereocenters. The monoisotopic (exact) mass is 498 g/mol. The molecule has 13 heteroatoms. The SMILES string of the molecule is O=C(Cn1nc(C(F)(F)F)cc1-c1nc(C2(c3ccc(F)cc3Cl)CC2)no1)N1CCNCC1. The smallest absolute Gasteiger partial charge is 0.339 e. The summed E-state index contributed by atoms with van der Waals surface area (Å²) in [5.41, 5.74) is -1.38. The van der Waals surface area contributed by atoms with Gasteiger partial charge in [0.05, 0.1) is 5.41 Å². The molecule has 0 bridgehead atoms. The summed E-state index contributed by atoms with van der Waals surface area (Å²) < 4.78 is 60.0. The third-order valence-electron chi connectivity index (χ3n) is 6.10. The van der Waals surface area contributed by atoms with Gasteiger partial charge in [-0.15, -0.1) is 0 Å². The third kappa shape index (κ3) is 4.16. The molecule has 2 aromatic heterocycles. The van der Waals surface area contributed by atoms with Gasteiger partial charge in [-0.05, 0) is 30.5 Å². The first-order valence-corrected chi connectivity index (χ1v) is 11.0. The lowest BCUT2D eigenvalue weighted by molar-refractivity contribution is -0.142. The summed E-state index contributed by atoms with van der Waals surface area (Å²) in [5.74, 6) is -0.825. The normalized spacial score (nSPS) is 17.7. The molecule has 0 unspecified atom stereocenters. The molecule has 2 fully saturated rings. The van der Waals surface area contributed by atoms with Crippen LogP contribution in [0.4, 0.5) is 17.6 Å². The van der Waals surface area contributed by atoms with E-state index in [-0.39, 0.29) is 28.3 Å². The number of carbonyl (C=O) groups is 1. The van der Waals surface area contributed by atoms with Gasteiger partial charge in [0.2, 0.25) is 5.91 Å². The minimum atomic E-state index is -4.72. The number of hydrogen-bond acceptors (Lipinski definition) is 6. The van der Waals surface area contributed by atoms with Crippen LogP contribution in [0.2, 0.25) is 5.02 Å². The average Bonchev–Trinajstić information content (AvgIpc) is 3.23. The van der Waals surface area contributed by atoms with E-state index in [1.54, 1.807) is 11.0 Å². The fourth-order valence-corrected chi connectivity index (χ4v) is 4.48. The molecule has 1 N–H and O–H groups in total. The number of nitrogens with one attached hydrogen (secondary N) is 1. The minimum Gasteiger partial charge on any atom is -0.339 e. The van der Waals surface area contributed by atoms with E-state index in [1.807, 2.05) is 0 Å². The summed E-state index contributed by atoms with van der Waals surface area (Å²) in [6, 6.07) is 4.78. The van der Waals surface area contributed by atoms with Crippen LogP contribution in [-0.4, -0.2) is 56.9 Å². The molecule has 3 heterocycles. The van der Waals surface area contributed by atoms with E-state index < -0.39 is 29.6 Å². The molecule has 1 amide bonds. The lowest BCUT2D eigenvalue weighted by Crippen LogP contribution is -2.47. The van der Waals surface area contributed by atoms with E-state index in [1.165, 1.54) is 12.1 Å². The molecule has 8 nitrogen and oxygen atoms in total. The number of aromatic nitrogens is 4. The van der Waals surface area contributed by atoms with Crippen LogP contribution in [0.15, 0.2) is 28.8 Å². The molecule has 1 aliphatic heterocycles. The Bertz CT molecular complexity index is 1230. The van der Waals surface area contributed by atoms with E-state index in [0.29, 0.717) is 44.6 Å². The Morgan fingerprint density at radius 3 is 2.59 bits per heavy atom. The zero-order valence-electron chi connectivity index (χ0n) is 17.7. The Morgan fingerprint density at radius 1 is 1.21 bits per heavy atom. The molecule has 1 saturated carbocycles. The molecule has 1 aliphatic carbocycles. The number of alkyl halides is 3. The van der Waals surface area contributed by atoms with Crippen LogP contribution < -0.4 is 5.32 Å². The molecule has 1 aromatic carbocycles. The number of benzene rings is 1. The highest BCUT2D eigenvalue weighted by atomic mass is 35.5. The van der Waals surface area contributed by atoms with Crippen molar-refractivity contribution in [3.63, 3.8) is 0 Å². The molecular weight excluding hydrogens is 480 g/mol. The molecule has 3 aromatic rings. The third-order valence-corrected chi connectivity index (χ3v) is 6.41. The minimum absolute atomic E-state index is 0.115. The molecule has 180 valence electrons. The Balaban J connectivity index is 1.48. The maximum Gasteiger partial charge on any atom is 0.435 e. The van der Waals surface area contributed by atoms with Crippen molar-refractivity contribution in [1.29, 1.82) is 0 Å². The van der Waals surface area contributed by atoms with Crippen molar-refractivity contribution in [2.75, 3.05) is 26.2 Å². The van der Waals surface area contributed by atoms with Crippen molar-refractivity contribution >= 4 is 17.5 Å². The van der Waals surface area contributed by atoms with E-state index in [9.17, 15) is 22.4 Å². The van der Waals surface area contributed by atoms with Crippen molar-refractivity contribution in [3.8, 4) is 11.6 Å². The Morgan fingerprint density at radius 2 is 1.94 bits per heavy atom. The molecule has 1 saturated heterocycles. The van der Waals surface area contributed by atoms with E-state index >= 15 is 0 Å². The first kappa shape index (κ1) is 22.8. The average molecular weight is 499 g/mol. The summed E-state index contributed by atoms with van der Waals surface area (Å²) >= 11 is 6.23. The zero-order chi connectivity index (χ0) is 24.1. The Labute approximate surface area is 195 Å². The van der Waals surface area contributed by atoms with Crippen molar-refractivity contribution in [2.45, 2.75) is 31.0 Å². The number of amides is 1. The van der Waals surface area contributed by atoms with Crippen LogP contribution in [0, 0.1) is 5.82 Å². The van der Waals surface area contributed by atoms with Gasteiger partial charge in [-0.3, -0.25) is 4.79 Å². The van der Waals surface area contributed by atoms with Gasteiger partial charge < -0.3 is 14.7 Å². The number of piperazine rings is 1. The van der Waals surface area contributed by atoms with Crippen molar-refractivity contribution in [2.24, 2.45) is 0 Å². The van der Waals surface area contributed by atoms with Crippen molar-refractivity contribution in [3.05, 3.63) is 52.2 Å². The second-order valence-corrected chi connectivity index (χ2v) is 8.74. The Kier molecular flexibility index (Phi) is 5.59. The predicted octanol–water partition coefficient (Wildman–Crippen LogP) is 3.26. The summed E-state index contributed by atoms with van der Waals surface area (Å²) in [5, 5.41) is 10.9. The zero-order valence-corrected chi connectivity index (χ0v) is 18.5. The topological polar surface area (TPSA) is 89.1 Å². The first-order chi connectivity index (χ1) is 16.2. The molecule has 34 heavy (non-hydrogen) atoms. The summed E-state index contributed by atoms with van der Waals surface area (Å²) in [7, 11) is 0. The number of carbonyl (C=O) groups excluding carboxylic acids is 1. The maximum atomic E-state index is 13.5. The maximum absolute atomic E-state index is 13.5. The van der Waals surface area contributed by atoms with Gasteiger partial charge in [0, 0.05) is 37.3 Å². The second-order valence-electron chi connectivity index (χ2n) is 8.33. The quantitative estimate of drug-likeness (QED) is 0.543. The van der Waals surface area contributed by atoms with Crippen LogP contribution in [0.3, 0.4) is 0 Å². The standard InChI is InChI=1S/C21H19ClF4N6O2/c22-14-9-12(23)1-2-13(14)20(3-4-20)19-28-18(34-30-19)15-10-16(21(24,25)26)29-32(15)11-17(33)31-7-5-27-6-8-31/h1-2,9-10,27H,3-8,11H2. The van der Waals surface area contributed by atoms with Gasteiger partial charge in [-0.25, -0.2) is 9.07 Å². The molecule has 2 aliphatic rings. The fourth-order valence-electron chi connectivity index (χ4n) is 4.13. The molecule has 0 spiro atoms. The highest BCUT2D eigenvalue weighted by molar-refractivity contribution is 6.31. The lowest BCUT2D eigenvalue weighted by Gasteiger charge is -2.27.